The second-order valence-electron chi connectivity index (χ2n) is 10.3. The Bertz CT molecular complexity index is 1290. The van der Waals surface area contributed by atoms with Crippen LogP contribution in [0.15, 0.2) is 24.3 Å². The van der Waals surface area contributed by atoms with Gasteiger partial charge in [0.2, 0.25) is 12.5 Å². The first-order valence-electron chi connectivity index (χ1n) is 13.2. The molecular formula is C28H32O13. The van der Waals surface area contributed by atoms with Crippen LogP contribution < -0.4 is 23.7 Å². The van der Waals surface area contributed by atoms with E-state index in [1.54, 1.807) is 24.3 Å². The Morgan fingerprint density at radius 2 is 1.51 bits per heavy atom. The van der Waals surface area contributed by atoms with Gasteiger partial charge in [0, 0.05) is 11.8 Å². The first-order chi connectivity index (χ1) is 19.8. The molecule has 4 aliphatic rings. The van der Waals surface area contributed by atoms with Gasteiger partial charge >= 0.3 is 5.97 Å². The molecule has 2 aromatic carbocycles. The maximum Gasteiger partial charge on any atom is 0.310 e. The summed E-state index contributed by atoms with van der Waals surface area (Å²) in [4.78, 5) is 13.4. The third kappa shape index (κ3) is 4.44. The average molecular weight is 577 g/mol. The fraction of sp³-hybridized carbons (Fsp3) is 0.536. The number of aliphatic hydroxyl groups is 4. The normalized spacial score (nSPS) is 33.5. The van der Waals surface area contributed by atoms with E-state index in [0.717, 1.165) is 0 Å². The summed E-state index contributed by atoms with van der Waals surface area (Å²) in [5.74, 6) is -0.112. The summed E-state index contributed by atoms with van der Waals surface area (Å²) < 4.78 is 45.5. The maximum absolute atomic E-state index is 13.4. The third-order valence-electron chi connectivity index (χ3n) is 8.29. The van der Waals surface area contributed by atoms with Crippen molar-refractivity contribution in [3.8, 4) is 28.7 Å². The Morgan fingerprint density at radius 1 is 0.854 bits per heavy atom. The van der Waals surface area contributed by atoms with Gasteiger partial charge in [-0.25, -0.2) is 0 Å². The number of methoxy groups -OCH3 is 3. The number of ether oxygens (including phenoxy) is 8. The molecule has 0 bridgehead atoms. The van der Waals surface area contributed by atoms with Crippen molar-refractivity contribution in [3.63, 3.8) is 0 Å². The minimum Gasteiger partial charge on any atom is -0.493 e. The number of hydrogen-bond acceptors (Lipinski definition) is 13. The van der Waals surface area contributed by atoms with Crippen molar-refractivity contribution >= 4 is 5.97 Å². The number of carbonyl (C=O) groups is 1. The number of hydrogen-bond donors (Lipinski definition) is 4. The summed E-state index contributed by atoms with van der Waals surface area (Å²) in [6.45, 7) is -0.581. The van der Waals surface area contributed by atoms with Crippen molar-refractivity contribution in [3.05, 3.63) is 41.0 Å². The zero-order valence-electron chi connectivity index (χ0n) is 22.6. The van der Waals surface area contributed by atoms with Crippen LogP contribution in [-0.4, -0.2) is 98.4 Å². The van der Waals surface area contributed by atoms with E-state index in [0.29, 0.717) is 45.4 Å². The van der Waals surface area contributed by atoms with E-state index in [1.807, 2.05) is 0 Å². The molecule has 0 saturated carbocycles. The topological polar surface area (TPSA) is 172 Å². The lowest BCUT2D eigenvalue weighted by atomic mass is 9.66. The van der Waals surface area contributed by atoms with Gasteiger partial charge in [-0.3, -0.25) is 4.79 Å². The zero-order chi connectivity index (χ0) is 29.0. The first kappa shape index (κ1) is 27.8. The monoisotopic (exact) mass is 576 g/mol. The maximum atomic E-state index is 13.4. The van der Waals surface area contributed by atoms with Crippen LogP contribution in [0.4, 0.5) is 0 Å². The number of esters is 1. The van der Waals surface area contributed by atoms with Crippen LogP contribution in [0.3, 0.4) is 0 Å². The molecule has 0 aromatic heterocycles. The van der Waals surface area contributed by atoms with Crippen LogP contribution in [0, 0.1) is 11.8 Å². The van der Waals surface area contributed by atoms with Gasteiger partial charge in [0.15, 0.2) is 29.3 Å². The molecule has 3 heterocycles. The minimum absolute atomic E-state index is 0.0141. The molecule has 0 spiro atoms. The molecule has 1 aliphatic carbocycles. The number of cyclic esters (lactones) is 1. The van der Waals surface area contributed by atoms with Gasteiger partial charge in [-0.1, -0.05) is 0 Å². The summed E-state index contributed by atoms with van der Waals surface area (Å²) in [5.41, 5.74) is 2.00. The standard InChI is InChI=1S/C28H32O13/c1-34-17-4-11(5-18(35-2)26(17)36-3)20-12-6-15-16(39-10-38-15)7-13(12)25(14-9-37-27(33)21(14)20)41-28-24(32)23(31)22(30)19(8-29)40-28/h4-7,14,19-25,28-32H,8-10H2,1-3H3/t14-,19+,20+,21+,22-,23-,24-,25-,28+/m1/s1. The Labute approximate surface area is 235 Å². The molecule has 6 rings (SSSR count). The molecule has 222 valence electrons. The highest BCUT2D eigenvalue weighted by Gasteiger charge is 2.55. The summed E-state index contributed by atoms with van der Waals surface area (Å²) in [5, 5.41) is 41.0. The molecule has 13 heteroatoms. The van der Waals surface area contributed by atoms with Crippen molar-refractivity contribution in [1.29, 1.82) is 0 Å². The number of carbonyl (C=O) groups excluding carboxylic acids is 1. The highest BCUT2D eigenvalue weighted by Crippen LogP contribution is 2.57. The highest BCUT2D eigenvalue weighted by atomic mass is 16.7. The second kappa shape index (κ2) is 10.8. The van der Waals surface area contributed by atoms with Gasteiger partial charge in [0.1, 0.15) is 24.4 Å². The second-order valence-corrected chi connectivity index (χ2v) is 10.3. The van der Waals surface area contributed by atoms with Gasteiger partial charge in [-0.15, -0.1) is 0 Å². The Hall–Kier alpha value is -3.33. The van der Waals surface area contributed by atoms with Crippen LogP contribution in [0.2, 0.25) is 0 Å². The lowest BCUT2D eigenvalue weighted by molar-refractivity contribution is -0.317. The van der Waals surface area contributed by atoms with E-state index < -0.39 is 67.1 Å². The molecule has 0 amide bonds. The molecule has 2 aromatic rings. The van der Waals surface area contributed by atoms with Crippen molar-refractivity contribution in [2.24, 2.45) is 11.8 Å². The van der Waals surface area contributed by atoms with E-state index in [2.05, 4.69) is 0 Å². The molecule has 4 N–H and O–H groups in total. The zero-order valence-corrected chi connectivity index (χ0v) is 22.6. The molecule has 0 unspecified atom stereocenters. The van der Waals surface area contributed by atoms with Crippen molar-refractivity contribution in [2.75, 3.05) is 41.3 Å². The minimum atomic E-state index is -1.63. The van der Waals surface area contributed by atoms with E-state index in [-0.39, 0.29) is 13.4 Å². The van der Waals surface area contributed by atoms with Gasteiger partial charge in [0.25, 0.3) is 0 Å². The average Bonchev–Trinajstić information content (AvgIpc) is 3.61. The number of fused-ring (bicyclic) bond motifs is 3. The highest BCUT2D eigenvalue weighted by molar-refractivity contribution is 5.79. The molecule has 0 radical (unpaired) electrons. The fourth-order valence-corrected chi connectivity index (χ4v) is 6.29. The Kier molecular flexibility index (Phi) is 7.34. The van der Waals surface area contributed by atoms with E-state index in [4.69, 9.17) is 37.9 Å². The lowest BCUT2D eigenvalue weighted by Crippen LogP contribution is -2.59. The summed E-state index contributed by atoms with van der Waals surface area (Å²) in [6, 6.07) is 7.11. The lowest BCUT2D eigenvalue weighted by Gasteiger charge is -2.44. The quantitative estimate of drug-likeness (QED) is 0.331. The van der Waals surface area contributed by atoms with Crippen LogP contribution >= 0.6 is 0 Å². The summed E-state index contributed by atoms with van der Waals surface area (Å²) >= 11 is 0. The predicted octanol–water partition coefficient (Wildman–Crippen LogP) is 0.233. The molecule has 2 saturated heterocycles. The molecular weight excluding hydrogens is 544 g/mol. The predicted molar refractivity (Wildman–Crippen MR) is 136 cm³/mol. The van der Waals surface area contributed by atoms with E-state index in [9.17, 15) is 25.2 Å². The van der Waals surface area contributed by atoms with E-state index >= 15 is 0 Å². The summed E-state index contributed by atoms with van der Waals surface area (Å²) in [7, 11) is 4.51. The number of benzene rings is 2. The van der Waals surface area contributed by atoms with Crippen molar-refractivity contribution in [1.82, 2.24) is 0 Å². The Balaban J connectivity index is 1.49. The van der Waals surface area contributed by atoms with Crippen LogP contribution in [0.5, 0.6) is 28.7 Å². The van der Waals surface area contributed by atoms with Crippen LogP contribution in [0.25, 0.3) is 0 Å². The number of aliphatic hydroxyl groups excluding tert-OH is 4. The SMILES string of the molecule is COc1cc([C@H]2c3cc4c(cc3[C@@H](O[C@@H]3O[C@@H](CO)[C@@H](O)[C@@H](O)[C@H]3O)[C@@H]3COC(=O)[C@H]23)OCO4)cc(OC)c1OC. The van der Waals surface area contributed by atoms with Crippen molar-refractivity contribution < 1.29 is 63.1 Å². The third-order valence-corrected chi connectivity index (χ3v) is 8.29. The van der Waals surface area contributed by atoms with Crippen molar-refractivity contribution in [2.45, 2.75) is 42.7 Å². The smallest absolute Gasteiger partial charge is 0.310 e. The molecule has 41 heavy (non-hydrogen) atoms. The van der Waals surface area contributed by atoms with Gasteiger partial charge in [-0.2, -0.15) is 0 Å². The van der Waals surface area contributed by atoms with Crippen LogP contribution in [-0.2, 0) is 19.0 Å². The summed E-state index contributed by atoms with van der Waals surface area (Å²) in [6.07, 6.45) is -8.26. The molecule has 9 atom stereocenters. The Morgan fingerprint density at radius 3 is 2.12 bits per heavy atom. The largest absolute Gasteiger partial charge is 0.493 e. The van der Waals surface area contributed by atoms with Crippen LogP contribution in [0.1, 0.15) is 28.7 Å². The van der Waals surface area contributed by atoms with Gasteiger partial charge < -0.3 is 58.3 Å². The fourth-order valence-electron chi connectivity index (χ4n) is 6.29. The van der Waals surface area contributed by atoms with E-state index in [1.165, 1.54) is 21.3 Å². The first-order valence-corrected chi connectivity index (χ1v) is 13.2. The molecule has 3 aliphatic heterocycles. The van der Waals surface area contributed by atoms with Gasteiger partial charge in [-0.05, 0) is 41.0 Å². The molecule has 2 fully saturated rings. The number of rotatable bonds is 7. The van der Waals surface area contributed by atoms with Gasteiger partial charge in [0.05, 0.1) is 46.6 Å². The molecule has 13 nitrogen and oxygen atoms in total.